The summed E-state index contributed by atoms with van der Waals surface area (Å²) in [6.07, 6.45) is 4.07. The lowest BCUT2D eigenvalue weighted by molar-refractivity contribution is 0.0697. The van der Waals surface area contributed by atoms with Crippen LogP contribution in [0.4, 0.5) is 0 Å². The molecule has 4 aromatic rings. The van der Waals surface area contributed by atoms with Crippen LogP contribution in [0.1, 0.15) is 20.9 Å². The van der Waals surface area contributed by atoms with Crippen molar-refractivity contribution in [3.63, 3.8) is 0 Å². The molecule has 0 spiro atoms. The van der Waals surface area contributed by atoms with Crippen molar-refractivity contribution < 1.29 is 9.90 Å². The average Bonchev–Trinajstić information content (AvgIpc) is 3.22. The van der Waals surface area contributed by atoms with Crippen LogP contribution >= 0.6 is 11.3 Å². The minimum Gasteiger partial charge on any atom is -0.478 e. The first-order chi connectivity index (χ1) is 13.7. The highest BCUT2D eigenvalue weighted by molar-refractivity contribution is 7.10. The first-order valence-corrected chi connectivity index (χ1v) is 9.70. The third-order valence-electron chi connectivity index (χ3n) is 4.34. The Bertz CT molecular complexity index is 1150. The van der Waals surface area contributed by atoms with Gasteiger partial charge in [-0.3, -0.25) is 0 Å². The number of hydrogen-bond acceptors (Lipinski definition) is 3. The lowest BCUT2D eigenvalue weighted by atomic mass is 10.0. The maximum Gasteiger partial charge on any atom is 0.335 e. The zero-order valence-electron chi connectivity index (χ0n) is 14.9. The van der Waals surface area contributed by atoms with Gasteiger partial charge in [0, 0.05) is 10.9 Å². The number of nitrogens with zero attached hydrogens (tertiary/aromatic N) is 1. The molecule has 28 heavy (non-hydrogen) atoms. The number of thiazole rings is 1. The molecule has 0 aliphatic heterocycles. The summed E-state index contributed by atoms with van der Waals surface area (Å²) >= 11 is 1.60. The van der Waals surface area contributed by atoms with E-state index in [0.717, 1.165) is 33.0 Å². The lowest BCUT2D eigenvalue weighted by Crippen LogP contribution is -1.95. The van der Waals surface area contributed by atoms with E-state index in [9.17, 15) is 9.90 Å². The summed E-state index contributed by atoms with van der Waals surface area (Å²) in [6.45, 7) is 0. The molecule has 0 saturated carbocycles. The van der Waals surface area contributed by atoms with Gasteiger partial charge in [0.25, 0.3) is 0 Å². The number of carbonyl (C=O) groups is 1. The number of rotatable bonds is 5. The fourth-order valence-electron chi connectivity index (χ4n) is 2.92. The van der Waals surface area contributed by atoms with E-state index < -0.39 is 5.97 Å². The van der Waals surface area contributed by atoms with Crippen molar-refractivity contribution >= 4 is 29.5 Å². The molecule has 0 aliphatic carbocycles. The first kappa shape index (κ1) is 17.9. The van der Waals surface area contributed by atoms with Crippen molar-refractivity contribution in [1.82, 2.24) is 4.98 Å². The largest absolute Gasteiger partial charge is 0.478 e. The minimum absolute atomic E-state index is 0.282. The fraction of sp³-hybridized carbons (Fsp3) is 0. The van der Waals surface area contributed by atoms with Crippen molar-refractivity contribution in [1.29, 1.82) is 0 Å². The van der Waals surface area contributed by atoms with Gasteiger partial charge in [-0.1, -0.05) is 66.7 Å². The molecular weight excluding hydrogens is 366 g/mol. The van der Waals surface area contributed by atoms with Crippen LogP contribution in [0, 0.1) is 0 Å². The molecule has 0 fully saturated rings. The molecule has 0 saturated heterocycles. The number of carboxylic acids is 1. The predicted molar refractivity (Wildman–Crippen MR) is 115 cm³/mol. The predicted octanol–water partition coefficient (Wildman–Crippen LogP) is 6.35. The molecule has 0 atom stereocenters. The van der Waals surface area contributed by atoms with Gasteiger partial charge in [-0.05, 0) is 41.0 Å². The van der Waals surface area contributed by atoms with Crippen LogP contribution in [0.25, 0.3) is 34.5 Å². The monoisotopic (exact) mass is 383 g/mol. The molecule has 1 N–H and O–H groups in total. The maximum absolute atomic E-state index is 11.2. The number of benzene rings is 3. The number of aromatic nitrogens is 1. The van der Waals surface area contributed by atoms with E-state index in [1.807, 2.05) is 60.0 Å². The SMILES string of the molecule is O=C(O)c1cccc(-c2cccc(-c3csc(C=Cc4ccccc4)n3)c2)c1. The molecule has 3 nitrogen and oxygen atoms in total. The van der Waals surface area contributed by atoms with Crippen LogP contribution in [0.2, 0.25) is 0 Å². The summed E-state index contributed by atoms with van der Waals surface area (Å²) < 4.78 is 0. The summed E-state index contributed by atoms with van der Waals surface area (Å²) in [5, 5.41) is 12.2. The fourth-order valence-corrected chi connectivity index (χ4v) is 3.64. The Balaban J connectivity index is 1.60. The minimum atomic E-state index is -0.924. The third kappa shape index (κ3) is 4.08. The second-order valence-corrected chi connectivity index (χ2v) is 7.17. The zero-order valence-corrected chi connectivity index (χ0v) is 15.8. The molecule has 3 aromatic carbocycles. The van der Waals surface area contributed by atoms with Gasteiger partial charge in [0.2, 0.25) is 0 Å². The molecule has 4 heteroatoms. The van der Waals surface area contributed by atoms with E-state index in [4.69, 9.17) is 4.98 Å². The Hall–Kier alpha value is -3.50. The van der Waals surface area contributed by atoms with Crippen LogP contribution in [0.15, 0.2) is 84.2 Å². The van der Waals surface area contributed by atoms with Gasteiger partial charge >= 0.3 is 5.97 Å². The summed E-state index contributed by atoms with van der Waals surface area (Å²) in [6, 6.07) is 25.1. The highest BCUT2D eigenvalue weighted by atomic mass is 32.1. The smallest absolute Gasteiger partial charge is 0.335 e. The Morgan fingerprint density at radius 3 is 2.32 bits per heavy atom. The number of aromatic carboxylic acids is 1. The van der Waals surface area contributed by atoms with Gasteiger partial charge < -0.3 is 5.11 Å². The van der Waals surface area contributed by atoms with E-state index in [1.54, 1.807) is 29.5 Å². The van der Waals surface area contributed by atoms with Gasteiger partial charge in [-0.25, -0.2) is 9.78 Å². The van der Waals surface area contributed by atoms with Crippen molar-refractivity contribution in [2.45, 2.75) is 0 Å². The average molecular weight is 383 g/mol. The van der Waals surface area contributed by atoms with Crippen LogP contribution in [-0.4, -0.2) is 16.1 Å². The molecule has 1 heterocycles. The van der Waals surface area contributed by atoms with Crippen LogP contribution < -0.4 is 0 Å². The molecule has 4 rings (SSSR count). The zero-order chi connectivity index (χ0) is 19.3. The van der Waals surface area contributed by atoms with E-state index >= 15 is 0 Å². The van der Waals surface area contributed by atoms with Crippen LogP contribution in [0.3, 0.4) is 0 Å². The van der Waals surface area contributed by atoms with Gasteiger partial charge in [0.15, 0.2) is 0 Å². The van der Waals surface area contributed by atoms with Gasteiger partial charge in [0.05, 0.1) is 11.3 Å². The van der Waals surface area contributed by atoms with E-state index in [1.165, 1.54) is 0 Å². The van der Waals surface area contributed by atoms with E-state index in [0.29, 0.717) is 0 Å². The van der Waals surface area contributed by atoms with Crippen molar-refractivity contribution in [2.24, 2.45) is 0 Å². The topological polar surface area (TPSA) is 50.2 Å². The van der Waals surface area contributed by atoms with E-state index in [2.05, 4.69) is 18.2 Å². The summed E-state index contributed by atoms with van der Waals surface area (Å²) in [7, 11) is 0. The molecular formula is C24H17NO2S. The standard InChI is InChI=1S/C24H17NO2S/c26-24(27)21-11-5-9-19(15-21)18-8-4-10-20(14-18)22-16-28-23(25-22)13-12-17-6-2-1-3-7-17/h1-16H,(H,26,27). The van der Waals surface area contributed by atoms with Crippen LogP contribution in [0.5, 0.6) is 0 Å². The second kappa shape index (κ2) is 8.03. The molecule has 1 aromatic heterocycles. The van der Waals surface area contributed by atoms with Crippen molar-refractivity contribution in [2.75, 3.05) is 0 Å². The van der Waals surface area contributed by atoms with Gasteiger partial charge in [-0.15, -0.1) is 11.3 Å². The Kier molecular flexibility index (Phi) is 5.13. The molecule has 0 amide bonds. The second-order valence-electron chi connectivity index (χ2n) is 6.28. The summed E-state index contributed by atoms with van der Waals surface area (Å²) in [5.74, 6) is -0.924. The maximum atomic E-state index is 11.2. The highest BCUT2D eigenvalue weighted by Gasteiger charge is 2.08. The summed E-state index contributed by atoms with van der Waals surface area (Å²) in [4.78, 5) is 15.9. The lowest BCUT2D eigenvalue weighted by Gasteiger charge is -2.05. The van der Waals surface area contributed by atoms with Gasteiger partial charge in [0.1, 0.15) is 5.01 Å². The normalized spacial score (nSPS) is 11.0. The Labute approximate surface area is 167 Å². The van der Waals surface area contributed by atoms with Gasteiger partial charge in [-0.2, -0.15) is 0 Å². The van der Waals surface area contributed by atoms with Crippen molar-refractivity contribution in [3.05, 3.63) is 100 Å². The molecule has 0 bridgehead atoms. The highest BCUT2D eigenvalue weighted by Crippen LogP contribution is 2.28. The summed E-state index contributed by atoms with van der Waals surface area (Å²) in [5.41, 5.74) is 5.18. The first-order valence-electron chi connectivity index (χ1n) is 8.82. The number of hydrogen-bond donors (Lipinski definition) is 1. The van der Waals surface area contributed by atoms with E-state index in [-0.39, 0.29) is 5.56 Å². The van der Waals surface area contributed by atoms with Crippen molar-refractivity contribution in [3.8, 4) is 22.4 Å². The number of carboxylic acid groups (broad SMARTS) is 1. The molecule has 0 unspecified atom stereocenters. The molecule has 0 radical (unpaired) electrons. The van der Waals surface area contributed by atoms with Crippen LogP contribution in [-0.2, 0) is 0 Å². The third-order valence-corrected chi connectivity index (χ3v) is 5.15. The molecule has 0 aliphatic rings. The Morgan fingerprint density at radius 2 is 1.54 bits per heavy atom. The molecule has 136 valence electrons. The quantitative estimate of drug-likeness (QED) is 0.437. The Morgan fingerprint density at radius 1 is 0.821 bits per heavy atom.